The number of aromatic hydroxyl groups is 1. The molecule has 0 aliphatic rings. The maximum atomic E-state index is 10.8. The van der Waals surface area contributed by atoms with Crippen molar-refractivity contribution in [3.8, 4) is 81.9 Å². The van der Waals surface area contributed by atoms with Crippen LogP contribution in [0.5, 0.6) is 11.5 Å². The van der Waals surface area contributed by atoms with Crippen LogP contribution < -0.4 is 4.74 Å². The van der Waals surface area contributed by atoms with Crippen LogP contribution in [-0.4, -0.2) is 20.1 Å². The van der Waals surface area contributed by atoms with Crippen LogP contribution in [0.4, 0.5) is 0 Å². The number of phenolic OH excluding ortho intramolecular Hbond substituents is 1. The summed E-state index contributed by atoms with van der Waals surface area (Å²) in [6.07, 6.45) is 7.49. The lowest BCUT2D eigenvalue weighted by Crippen LogP contribution is -2.02. The number of phenols is 1. The van der Waals surface area contributed by atoms with Crippen molar-refractivity contribution in [3.05, 3.63) is 76.9 Å². The predicted molar refractivity (Wildman–Crippen MR) is 142 cm³/mol. The first-order valence-corrected chi connectivity index (χ1v) is 11.2. The van der Waals surface area contributed by atoms with Crippen molar-refractivity contribution in [3.63, 3.8) is 0 Å². The van der Waals surface area contributed by atoms with Crippen LogP contribution in [0.3, 0.4) is 0 Å². The minimum atomic E-state index is -0.0478. The van der Waals surface area contributed by atoms with Crippen molar-refractivity contribution < 1.29 is 9.84 Å². The topological polar surface area (TPSA) is 68.1 Å². The minimum absolute atomic E-state index is 0.0478. The molecule has 0 atom stereocenters. The molecule has 3 aromatic carbocycles. The van der Waals surface area contributed by atoms with E-state index in [0.29, 0.717) is 28.8 Å². The van der Waals surface area contributed by atoms with Crippen LogP contribution in [0.15, 0.2) is 54.6 Å². The number of aromatic nitrogens is 3. The summed E-state index contributed by atoms with van der Waals surface area (Å²) in [4.78, 5) is 14.3. The van der Waals surface area contributed by atoms with Crippen molar-refractivity contribution in [1.29, 1.82) is 0 Å². The Balaban J connectivity index is 1.83. The first-order valence-electron chi connectivity index (χ1n) is 11.2. The van der Waals surface area contributed by atoms with Crippen molar-refractivity contribution >= 4 is 0 Å². The molecule has 5 nitrogen and oxygen atoms in total. The maximum absolute atomic E-state index is 10.8. The van der Waals surface area contributed by atoms with Crippen molar-refractivity contribution in [2.45, 2.75) is 27.7 Å². The van der Waals surface area contributed by atoms with Gasteiger partial charge in [-0.15, -0.1) is 6.42 Å². The fourth-order valence-electron chi connectivity index (χ4n) is 3.81. The molecule has 36 heavy (non-hydrogen) atoms. The maximum Gasteiger partial charge on any atom is 0.167 e. The average molecular weight is 470 g/mol. The molecule has 0 spiro atoms. The lowest BCUT2D eigenvalue weighted by atomic mass is 10.0. The van der Waals surface area contributed by atoms with Crippen LogP contribution in [0.2, 0.25) is 0 Å². The summed E-state index contributed by atoms with van der Waals surface area (Å²) in [5.41, 5.74) is 6.66. The fraction of sp³-hybridized carbons (Fsp3) is 0.129. The Labute approximate surface area is 211 Å². The van der Waals surface area contributed by atoms with Crippen LogP contribution in [0.1, 0.15) is 22.3 Å². The van der Waals surface area contributed by atoms with Crippen LogP contribution in [0.25, 0.3) is 34.2 Å². The summed E-state index contributed by atoms with van der Waals surface area (Å²) in [6, 6.07) is 17.1. The molecule has 0 fully saturated rings. The zero-order valence-electron chi connectivity index (χ0n) is 20.5. The molecule has 5 heteroatoms. The van der Waals surface area contributed by atoms with E-state index in [9.17, 15) is 5.11 Å². The Morgan fingerprint density at radius 1 is 0.667 bits per heavy atom. The highest BCUT2D eigenvalue weighted by atomic mass is 16.5. The summed E-state index contributed by atoms with van der Waals surface area (Å²) in [6.45, 7) is 8.15. The quantitative estimate of drug-likeness (QED) is 0.383. The molecular formula is C31H23N3O2. The third kappa shape index (κ3) is 5.36. The van der Waals surface area contributed by atoms with Gasteiger partial charge in [0.25, 0.3) is 0 Å². The Morgan fingerprint density at radius 3 is 1.69 bits per heavy atom. The number of rotatable bonds is 4. The molecule has 0 unspecified atom stereocenters. The second-order valence-electron chi connectivity index (χ2n) is 8.35. The molecule has 1 N–H and O–H groups in total. The number of hydrogen-bond donors (Lipinski definition) is 1. The van der Waals surface area contributed by atoms with Gasteiger partial charge in [-0.2, -0.15) is 0 Å². The standard InChI is InChI=1S/C31H23N3O2/c1-6-7-8-9-16-36-24-12-15-27(28(35)19-24)31-33-29(25-13-10-20(2)17-22(25)4)32-30(34-31)26-14-11-21(3)18-23(26)5/h1,10-15,17-19,35H,2-5H3. The van der Waals surface area contributed by atoms with Crippen molar-refractivity contribution in [1.82, 2.24) is 15.0 Å². The highest BCUT2D eigenvalue weighted by Crippen LogP contribution is 2.33. The molecule has 1 heterocycles. The lowest BCUT2D eigenvalue weighted by molar-refractivity contribution is 0.466. The Hall–Kier alpha value is -5.05. The van der Waals surface area contributed by atoms with Crippen LogP contribution in [0, 0.1) is 63.9 Å². The summed E-state index contributed by atoms with van der Waals surface area (Å²) in [5, 5.41) is 10.8. The van der Waals surface area contributed by atoms with Gasteiger partial charge in [0, 0.05) is 29.0 Å². The zero-order chi connectivity index (χ0) is 25.7. The Morgan fingerprint density at radius 2 is 1.19 bits per heavy atom. The molecule has 4 aromatic rings. The molecule has 1 aromatic heterocycles. The van der Waals surface area contributed by atoms with Gasteiger partial charge in [0.15, 0.2) is 17.5 Å². The number of terminal acetylenes is 1. The molecule has 4 rings (SSSR count). The van der Waals surface area contributed by atoms with Gasteiger partial charge in [-0.05, 0) is 62.8 Å². The summed E-state index contributed by atoms with van der Waals surface area (Å²) in [7, 11) is 0. The van der Waals surface area contributed by atoms with E-state index in [0.717, 1.165) is 33.4 Å². The SMILES string of the molecule is C#CC#CC#COc1ccc(-c2nc(-c3ccc(C)cc3C)nc(-c3ccc(C)cc3C)n2)c(O)c1. The molecule has 0 aliphatic carbocycles. The van der Waals surface area contributed by atoms with E-state index < -0.39 is 0 Å². The number of benzene rings is 3. The fourth-order valence-corrected chi connectivity index (χ4v) is 3.81. The second-order valence-corrected chi connectivity index (χ2v) is 8.35. The van der Waals surface area contributed by atoms with E-state index >= 15 is 0 Å². The normalized spacial score (nSPS) is 9.86. The molecule has 174 valence electrons. The van der Waals surface area contributed by atoms with E-state index in [1.54, 1.807) is 12.1 Å². The van der Waals surface area contributed by atoms with Gasteiger partial charge in [0.05, 0.1) is 5.56 Å². The number of nitrogens with zero attached hydrogens (tertiary/aromatic N) is 3. The second kappa shape index (κ2) is 10.5. The summed E-state index contributed by atoms with van der Waals surface area (Å²) < 4.78 is 5.32. The first kappa shape index (κ1) is 24.1. The van der Waals surface area contributed by atoms with E-state index in [1.165, 1.54) is 6.07 Å². The van der Waals surface area contributed by atoms with Crippen molar-refractivity contribution in [2.24, 2.45) is 0 Å². The Kier molecular flexibility index (Phi) is 7.01. The highest BCUT2D eigenvalue weighted by Gasteiger charge is 2.17. The monoisotopic (exact) mass is 469 g/mol. The van der Waals surface area contributed by atoms with Crippen LogP contribution in [-0.2, 0) is 0 Å². The third-order valence-corrected chi connectivity index (χ3v) is 5.51. The van der Waals surface area contributed by atoms with Gasteiger partial charge in [-0.1, -0.05) is 47.5 Å². The molecule has 0 amide bonds. The third-order valence-electron chi connectivity index (χ3n) is 5.51. The molecule has 0 bridgehead atoms. The number of hydrogen-bond acceptors (Lipinski definition) is 5. The van der Waals surface area contributed by atoms with Gasteiger partial charge in [0.2, 0.25) is 0 Å². The van der Waals surface area contributed by atoms with Crippen molar-refractivity contribution in [2.75, 3.05) is 0 Å². The highest BCUT2D eigenvalue weighted by molar-refractivity contribution is 5.72. The first-order chi connectivity index (χ1) is 17.4. The molecule has 0 aliphatic heterocycles. The molecular weight excluding hydrogens is 446 g/mol. The largest absolute Gasteiger partial charge is 0.507 e. The lowest BCUT2D eigenvalue weighted by Gasteiger charge is -2.12. The van der Waals surface area contributed by atoms with E-state index in [1.807, 2.05) is 52.0 Å². The van der Waals surface area contributed by atoms with E-state index in [2.05, 4.69) is 41.9 Å². The molecule has 0 saturated carbocycles. The van der Waals surface area contributed by atoms with Gasteiger partial charge < -0.3 is 9.84 Å². The van der Waals surface area contributed by atoms with E-state index in [-0.39, 0.29) is 5.75 Å². The summed E-state index contributed by atoms with van der Waals surface area (Å²) >= 11 is 0. The minimum Gasteiger partial charge on any atom is -0.507 e. The number of aryl methyl sites for hydroxylation is 4. The Bertz CT molecular complexity index is 1570. The van der Waals surface area contributed by atoms with Gasteiger partial charge in [-0.3, -0.25) is 0 Å². The molecule has 0 saturated heterocycles. The predicted octanol–water partition coefficient (Wildman–Crippen LogP) is 5.79. The van der Waals surface area contributed by atoms with Gasteiger partial charge in [0.1, 0.15) is 17.6 Å². The smallest absolute Gasteiger partial charge is 0.167 e. The van der Waals surface area contributed by atoms with E-state index in [4.69, 9.17) is 26.1 Å². The average Bonchev–Trinajstić information content (AvgIpc) is 2.83. The van der Waals surface area contributed by atoms with Gasteiger partial charge in [-0.25, -0.2) is 15.0 Å². The van der Waals surface area contributed by atoms with Crippen LogP contribution >= 0.6 is 0 Å². The van der Waals surface area contributed by atoms with Gasteiger partial charge >= 0.3 is 0 Å². The number of ether oxygens (including phenoxy) is 1. The summed E-state index contributed by atoms with van der Waals surface area (Å²) in [5.74, 6) is 11.2. The molecule has 0 radical (unpaired) electrons. The zero-order valence-corrected chi connectivity index (χ0v) is 20.5.